The van der Waals surface area contributed by atoms with Gasteiger partial charge < -0.3 is 10.6 Å². The molecule has 0 bridgehead atoms. The van der Waals surface area contributed by atoms with E-state index >= 15 is 0 Å². The van der Waals surface area contributed by atoms with Crippen LogP contribution in [0.25, 0.3) is 0 Å². The maximum Gasteiger partial charge on any atom is 0.285 e. The van der Waals surface area contributed by atoms with Gasteiger partial charge in [0.1, 0.15) is 5.02 Å². The molecule has 0 amide bonds. The van der Waals surface area contributed by atoms with Crippen LogP contribution in [0.3, 0.4) is 0 Å². The molecule has 1 aliphatic rings. The first-order valence-electron chi connectivity index (χ1n) is 5.40. The third-order valence-corrected chi connectivity index (χ3v) is 3.43. The van der Waals surface area contributed by atoms with Crippen LogP contribution in [0.15, 0.2) is 11.0 Å². The van der Waals surface area contributed by atoms with Gasteiger partial charge in [0.05, 0.1) is 11.9 Å². The van der Waals surface area contributed by atoms with E-state index in [1.165, 1.54) is 0 Å². The SMILES string of the molecule is NCC1CCN(c2cn[nH]c(=O)c2Cl)CC1. The first kappa shape index (κ1) is 11.4. The molecule has 1 aromatic heterocycles. The van der Waals surface area contributed by atoms with Gasteiger partial charge in [-0.25, -0.2) is 5.10 Å². The van der Waals surface area contributed by atoms with Crippen LogP contribution in [-0.2, 0) is 0 Å². The molecule has 2 rings (SSSR count). The van der Waals surface area contributed by atoms with Crippen molar-refractivity contribution in [3.05, 3.63) is 21.6 Å². The van der Waals surface area contributed by atoms with Gasteiger partial charge in [0, 0.05) is 13.1 Å². The summed E-state index contributed by atoms with van der Waals surface area (Å²) in [6, 6.07) is 0. The van der Waals surface area contributed by atoms with E-state index in [0.29, 0.717) is 5.92 Å². The summed E-state index contributed by atoms with van der Waals surface area (Å²) < 4.78 is 0. The number of rotatable bonds is 2. The first-order chi connectivity index (χ1) is 7.72. The van der Waals surface area contributed by atoms with E-state index in [-0.39, 0.29) is 10.6 Å². The Morgan fingerprint density at radius 1 is 1.56 bits per heavy atom. The molecule has 0 unspecified atom stereocenters. The maximum atomic E-state index is 11.3. The maximum absolute atomic E-state index is 11.3. The Bertz CT molecular complexity index is 412. The molecule has 2 heterocycles. The second kappa shape index (κ2) is 4.84. The van der Waals surface area contributed by atoms with Crippen LogP contribution >= 0.6 is 11.6 Å². The molecule has 1 fully saturated rings. The molecule has 0 aromatic carbocycles. The summed E-state index contributed by atoms with van der Waals surface area (Å²) in [6.45, 7) is 2.49. The molecule has 0 aliphatic carbocycles. The Kier molecular flexibility index (Phi) is 3.46. The van der Waals surface area contributed by atoms with Crippen LogP contribution in [-0.4, -0.2) is 29.8 Å². The minimum absolute atomic E-state index is 0.223. The number of piperidine rings is 1. The summed E-state index contributed by atoms with van der Waals surface area (Å²) >= 11 is 5.95. The van der Waals surface area contributed by atoms with E-state index in [2.05, 4.69) is 15.1 Å². The third-order valence-electron chi connectivity index (χ3n) is 3.07. The zero-order valence-electron chi connectivity index (χ0n) is 8.95. The van der Waals surface area contributed by atoms with E-state index in [0.717, 1.165) is 38.2 Å². The quantitative estimate of drug-likeness (QED) is 0.797. The average Bonchev–Trinajstić information content (AvgIpc) is 2.33. The highest BCUT2D eigenvalue weighted by molar-refractivity contribution is 6.32. The predicted molar refractivity (Wildman–Crippen MR) is 63.9 cm³/mol. The molecule has 16 heavy (non-hydrogen) atoms. The van der Waals surface area contributed by atoms with E-state index in [1.807, 2.05) is 0 Å². The molecule has 5 nitrogen and oxygen atoms in total. The lowest BCUT2D eigenvalue weighted by Gasteiger charge is -2.32. The smallest absolute Gasteiger partial charge is 0.285 e. The van der Waals surface area contributed by atoms with Crippen molar-refractivity contribution in [3.8, 4) is 0 Å². The molecule has 6 heteroatoms. The number of aromatic nitrogens is 2. The van der Waals surface area contributed by atoms with Crippen LogP contribution in [0.4, 0.5) is 5.69 Å². The largest absolute Gasteiger partial charge is 0.369 e. The number of H-pyrrole nitrogens is 1. The zero-order chi connectivity index (χ0) is 11.5. The van der Waals surface area contributed by atoms with Crippen molar-refractivity contribution in [2.24, 2.45) is 11.7 Å². The Hall–Kier alpha value is -1.07. The van der Waals surface area contributed by atoms with Gasteiger partial charge >= 0.3 is 0 Å². The molecule has 1 aliphatic heterocycles. The van der Waals surface area contributed by atoms with Crippen molar-refractivity contribution in [1.82, 2.24) is 10.2 Å². The Morgan fingerprint density at radius 3 is 2.88 bits per heavy atom. The molecular weight excluding hydrogens is 228 g/mol. The number of nitrogens with one attached hydrogen (secondary N) is 1. The Labute approximate surface area is 98.6 Å². The summed E-state index contributed by atoms with van der Waals surface area (Å²) in [5, 5.41) is 6.31. The van der Waals surface area contributed by atoms with Gasteiger partial charge in [0.15, 0.2) is 0 Å². The number of hydrogen-bond donors (Lipinski definition) is 2. The number of aromatic amines is 1. The van der Waals surface area contributed by atoms with Crippen LogP contribution in [0.5, 0.6) is 0 Å². The lowest BCUT2D eigenvalue weighted by atomic mass is 9.97. The normalized spacial score (nSPS) is 17.8. The van der Waals surface area contributed by atoms with Crippen molar-refractivity contribution < 1.29 is 0 Å². The molecule has 0 spiro atoms. The number of hydrogen-bond acceptors (Lipinski definition) is 4. The summed E-state index contributed by atoms with van der Waals surface area (Å²) in [4.78, 5) is 13.4. The highest BCUT2D eigenvalue weighted by atomic mass is 35.5. The number of nitrogens with two attached hydrogens (primary N) is 1. The van der Waals surface area contributed by atoms with Gasteiger partial charge in [0.2, 0.25) is 0 Å². The summed E-state index contributed by atoms with van der Waals surface area (Å²) in [5.74, 6) is 0.588. The molecular formula is C10H15ClN4O. The third kappa shape index (κ3) is 2.20. The van der Waals surface area contributed by atoms with Gasteiger partial charge in [-0.2, -0.15) is 5.10 Å². The van der Waals surface area contributed by atoms with Crippen molar-refractivity contribution in [1.29, 1.82) is 0 Å². The summed E-state index contributed by atoms with van der Waals surface area (Å²) in [6.07, 6.45) is 3.69. The molecule has 0 saturated carbocycles. The minimum Gasteiger partial charge on any atom is -0.369 e. The number of anilines is 1. The van der Waals surface area contributed by atoms with Crippen LogP contribution < -0.4 is 16.2 Å². The molecule has 88 valence electrons. The van der Waals surface area contributed by atoms with Crippen molar-refractivity contribution in [3.63, 3.8) is 0 Å². The standard InChI is InChI=1S/C10H15ClN4O/c11-9-8(6-13-14-10(9)16)15-3-1-7(5-12)2-4-15/h6-7H,1-5,12H2,(H,14,16). The second-order valence-corrected chi connectivity index (χ2v) is 4.44. The van der Waals surface area contributed by atoms with E-state index in [1.54, 1.807) is 6.20 Å². The number of nitrogens with zero attached hydrogens (tertiary/aromatic N) is 2. The molecule has 1 aromatic rings. The van der Waals surface area contributed by atoms with Crippen LogP contribution in [0, 0.1) is 5.92 Å². The van der Waals surface area contributed by atoms with Gasteiger partial charge in [-0.3, -0.25) is 4.79 Å². The van der Waals surface area contributed by atoms with Gasteiger partial charge in [-0.1, -0.05) is 11.6 Å². The highest BCUT2D eigenvalue weighted by Crippen LogP contribution is 2.25. The van der Waals surface area contributed by atoms with Crippen molar-refractivity contribution in [2.45, 2.75) is 12.8 Å². The van der Waals surface area contributed by atoms with Gasteiger partial charge in [-0.05, 0) is 25.3 Å². The summed E-state index contributed by atoms with van der Waals surface area (Å²) in [5.41, 5.74) is 6.02. The van der Waals surface area contributed by atoms with E-state index in [4.69, 9.17) is 17.3 Å². The molecule has 3 N–H and O–H groups in total. The monoisotopic (exact) mass is 242 g/mol. The lowest BCUT2D eigenvalue weighted by Crippen LogP contribution is -2.37. The van der Waals surface area contributed by atoms with E-state index in [9.17, 15) is 4.79 Å². The fourth-order valence-electron chi connectivity index (χ4n) is 2.00. The Balaban J connectivity index is 2.14. The fourth-order valence-corrected chi connectivity index (χ4v) is 2.21. The van der Waals surface area contributed by atoms with Crippen molar-refractivity contribution >= 4 is 17.3 Å². The lowest BCUT2D eigenvalue weighted by molar-refractivity contribution is 0.414. The predicted octanol–water partition coefficient (Wildman–Crippen LogP) is 0.598. The first-order valence-corrected chi connectivity index (χ1v) is 5.78. The zero-order valence-corrected chi connectivity index (χ0v) is 9.70. The fraction of sp³-hybridized carbons (Fsp3) is 0.600. The van der Waals surface area contributed by atoms with Crippen LogP contribution in [0.1, 0.15) is 12.8 Å². The number of halogens is 1. The van der Waals surface area contributed by atoms with Gasteiger partial charge in [-0.15, -0.1) is 0 Å². The topological polar surface area (TPSA) is 75.0 Å². The minimum atomic E-state index is -0.333. The molecule has 1 saturated heterocycles. The molecule has 0 atom stereocenters. The Morgan fingerprint density at radius 2 is 2.25 bits per heavy atom. The van der Waals surface area contributed by atoms with Crippen LogP contribution in [0.2, 0.25) is 5.02 Å². The van der Waals surface area contributed by atoms with Gasteiger partial charge in [0.25, 0.3) is 5.56 Å². The molecule has 0 radical (unpaired) electrons. The highest BCUT2D eigenvalue weighted by Gasteiger charge is 2.20. The average molecular weight is 243 g/mol. The second-order valence-electron chi connectivity index (χ2n) is 4.06. The van der Waals surface area contributed by atoms with Crippen molar-refractivity contribution in [2.75, 3.05) is 24.5 Å². The summed E-state index contributed by atoms with van der Waals surface area (Å²) in [7, 11) is 0. The van der Waals surface area contributed by atoms with E-state index < -0.39 is 0 Å².